The lowest BCUT2D eigenvalue weighted by Gasteiger charge is -2.32. The summed E-state index contributed by atoms with van der Waals surface area (Å²) in [5.41, 5.74) is 8.28. The lowest BCUT2D eigenvalue weighted by Crippen LogP contribution is -2.57. The Labute approximate surface area is 290 Å². The molecule has 3 rings (SSSR count). The van der Waals surface area contributed by atoms with Gasteiger partial charge in [0, 0.05) is 6.54 Å². The quantitative estimate of drug-likeness (QED) is 0.135. The van der Waals surface area contributed by atoms with Crippen LogP contribution in [0, 0.1) is 23.7 Å². The lowest BCUT2D eigenvalue weighted by molar-refractivity contribution is -0.150. The summed E-state index contributed by atoms with van der Waals surface area (Å²) < 4.78 is 5.30. The highest BCUT2D eigenvalue weighted by atomic mass is 16.6. The average molecular weight is 673 g/mol. The summed E-state index contributed by atoms with van der Waals surface area (Å²) in [5, 5.41) is 3.82. The van der Waals surface area contributed by atoms with Gasteiger partial charge < -0.3 is 10.1 Å². The molecular formula is C39H52N4O6. The van der Waals surface area contributed by atoms with E-state index in [-0.39, 0.29) is 37.5 Å². The summed E-state index contributed by atoms with van der Waals surface area (Å²) in [5.74, 6) is -2.72. The molecule has 0 heterocycles. The molecule has 3 N–H and O–H groups in total. The van der Waals surface area contributed by atoms with Gasteiger partial charge in [0.05, 0.1) is 18.4 Å². The third kappa shape index (κ3) is 14.1. The minimum absolute atomic E-state index is 0.00128. The fourth-order valence-corrected chi connectivity index (χ4v) is 5.50. The topological polar surface area (TPSA) is 126 Å². The van der Waals surface area contributed by atoms with Gasteiger partial charge in [0.25, 0.3) is 5.91 Å². The number of hydrogen-bond acceptors (Lipinski definition) is 6. The Balaban J connectivity index is 1.74. The predicted octanol–water partition coefficient (Wildman–Crippen LogP) is 6.37. The molecule has 3 aromatic rings. The van der Waals surface area contributed by atoms with E-state index in [2.05, 4.69) is 16.2 Å². The molecule has 264 valence electrons. The highest BCUT2D eigenvalue weighted by Crippen LogP contribution is 2.27. The molecule has 0 radical (unpaired) electrons. The lowest BCUT2D eigenvalue weighted by atomic mass is 9.81. The van der Waals surface area contributed by atoms with Crippen molar-refractivity contribution in [3.05, 3.63) is 108 Å². The molecular weight excluding hydrogens is 620 g/mol. The van der Waals surface area contributed by atoms with Crippen LogP contribution < -0.4 is 16.2 Å². The highest BCUT2D eigenvalue weighted by Gasteiger charge is 2.36. The van der Waals surface area contributed by atoms with Crippen molar-refractivity contribution in [2.45, 2.75) is 79.6 Å². The first-order valence-electron chi connectivity index (χ1n) is 17.1. The number of aryl methyl sites for hydroxylation is 1. The van der Waals surface area contributed by atoms with Crippen LogP contribution in [0.3, 0.4) is 0 Å². The van der Waals surface area contributed by atoms with Crippen molar-refractivity contribution < 1.29 is 28.8 Å². The van der Waals surface area contributed by atoms with E-state index in [4.69, 9.17) is 9.57 Å². The van der Waals surface area contributed by atoms with Crippen molar-refractivity contribution in [1.29, 1.82) is 0 Å². The van der Waals surface area contributed by atoms with Gasteiger partial charge in [-0.15, -0.1) is 0 Å². The number of nitrogens with one attached hydrogen (secondary N) is 3. The molecule has 4 amide bonds. The number of carbonyl (C=O) groups is 4. The van der Waals surface area contributed by atoms with Gasteiger partial charge >= 0.3 is 6.09 Å². The van der Waals surface area contributed by atoms with E-state index < -0.39 is 35.8 Å². The van der Waals surface area contributed by atoms with Gasteiger partial charge in [-0.2, -0.15) is 0 Å². The molecule has 0 saturated heterocycles. The Morgan fingerprint density at radius 1 is 0.673 bits per heavy atom. The number of hydroxylamine groups is 1. The average Bonchev–Trinajstić information content (AvgIpc) is 3.08. The smallest absolute Gasteiger partial charge is 0.408 e. The Morgan fingerprint density at radius 3 is 1.78 bits per heavy atom. The van der Waals surface area contributed by atoms with Crippen LogP contribution in [-0.2, 0) is 43.6 Å². The number of rotatable bonds is 18. The van der Waals surface area contributed by atoms with Gasteiger partial charge in [0.1, 0.15) is 12.6 Å². The number of benzene rings is 3. The van der Waals surface area contributed by atoms with E-state index in [1.54, 1.807) is 6.92 Å². The van der Waals surface area contributed by atoms with E-state index in [0.717, 1.165) is 23.1 Å². The first-order valence-corrected chi connectivity index (χ1v) is 17.1. The molecule has 0 aromatic heterocycles. The number of nitrogens with zero attached hydrogens (tertiary/aromatic N) is 1. The fraction of sp³-hybridized carbons (Fsp3) is 0.436. The molecule has 0 saturated carbocycles. The van der Waals surface area contributed by atoms with E-state index in [0.29, 0.717) is 19.3 Å². The third-order valence-electron chi connectivity index (χ3n) is 7.94. The third-order valence-corrected chi connectivity index (χ3v) is 7.94. The van der Waals surface area contributed by atoms with Crippen LogP contribution in [0.4, 0.5) is 4.79 Å². The summed E-state index contributed by atoms with van der Waals surface area (Å²) in [4.78, 5) is 59.6. The van der Waals surface area contributed by atoms with Crippen LogP contribution >= 0.6 is 0 Å². The van der Waals surface area contributed by atoms with Crippen molar-refractivity contribution >= 4 is 23.8 Å². The van der Waals surface area contributed by atoms with E-state index >= 15 is 0 Å². The van der Waals surface area contributed by atoms with E-state index in [1.807, 2.05) is 119 Å². The normalized spacial score (nSPS) is 12.9. The molecule has 0 aliphatic rings. The van der Waals surface area contributed by atoms with Crippen LogP contribution in [0.15, 0.2) is 91.0 Å². The second kappa shape index (κ2) is 20.6. The van der Waals surface area contributed by atoms with Crippen LogP contribution in [0.5, 0.6) is 0 Å². The Bertz CT molecular complexity index is 1440. The van der Waals surface area contributed by atoms with Gasteiger partial charge in [-0.25, -0.2) is 10.3 Å². The second-order valence-electron chi connectivity index (χ2n) is 13.2. The number of alkyl carbamates (subject to hydrolysis) is 1. The predicted molar refractivity (Wildman–Crippen MR) is 189 cm³/mol. The zero-order valence-corrected chi connectivity index (χ0v) is 29.4. The van der Waals surface area contributed by atoms with Gasteiger partial charge in [0.2, 0.25) is 11.8 Å². The SMILES string of the molecule is CC(C)C[C@@H](C(=O)NN(CC(C)C)C(=O)[C@@H](C)NC(=O)OCc1ccccc1)C(CCCc1ccccc1)C(=O)NOCc1ccccc1. The monoisotopic (exact) mass is 672 g/mol. The Kier molecular flexibility index (Phi) is 16.3. The fourth-order valence-electron chi connectivity index (χ4n) is 5.50. The van der Waals surface area contributed by atoms with Crippen LogP contribution in [0.1, 0.15) is 70.6 Å². The summed E-state index contributed by atoms with van der Waals surface area (Å²) in [7, 11) is 0. The maximum Gasteiger partial charge on any atom is 0.408 e. The molecule has 1 unspecified atom stereocenters. The molecule has 10 nitrogen and oxygen atoms in total. The van der Waals surface area contributed by atoms with Gasteiger partial charge in [-0.1, -0.05) is 119 Å². The van der Waals surface area contributed by atoms with Crippen LogP contribution in [0.2, 0.25) is 0 Å². The zero-order valence-electron chi connectivity index (χ0n) is 29.4. The van der Waals surface area contributed by atoms with Crippen molar-refractivity contribution in [1.82, 2.24) is 21.2 Å². The molecule has 0 aliphatic carbocycles. The Morgan fingerprint density at radius 2 is 1.22 bits per heavy atom. The summed E-state index contributed by atoms with van der Waals surface area (Å²) >= 11 is 0. The minimum Gasteiger partial charge on any atom is -0.445 e. The first kappa shape index (κ1) is 38.7. The molecule has 3 atom stereocenters. The zero-order chi connectivity index (χ0) is 35.6. The molecule has 10 heteroatoms. The maximum atomic E-state index is 14.1. The number of carbonyl (C=O) groups excluding carboxylic acids is 4. The molecule has 0 aliphatic heterocycles. The van der Waals surface area contributed by atoms with Crippen molar-refractivity contribution in [2.75, 3.05) is 6.54 Å². The maximum absolute atomic E-state index is 14.1. The minimum atomic E-state index is -0.984. The summed E-state index contributed by atoms with van der Waals surface area (Å²) in [6, 6.07) is 27.7. The standard InChI is InChI=1S/C39H52N4O6/c1-28(2)24-35(34(23-15-22-31-16-9-6-10-17-31)37(45)42-49-27-33-20-13-8-14-21-33)36(44)41-43(25-29(3)4)38(46)30(5)40-39(47)48-26-32-18-11-7-12-19-32/h6-14,16-21,28-30,34-35H,15,22-27H2,1-5H3,(H,40,47)(H,41,44)(H,42,45)/t30-,34?,35-/m1/s1. The summed E-state index contributed by atoms with van der Waals surface area (Å²) in [6.45, 7) is 9.82. The van der Waals surface area contributed by atoms with Crippen LogP contribution in [-0.4, -0.2) is 41.4 Å². The second-order valence-corrected chi connectivity index (χ2v) is 13.2. The molecule has 49 heavy (non-hydrogen) atoms. The van der Waals surface area contributed by atoms with Gasteiger partial charge in [-0.05, 0) is 61.1 Å². The number of ether oxygens (including phenoxy) is 1. The van der Waals surface area contributed by atoms with Gasteiger partial charge in [0.15, 0.2) is 0 Å². The first-order chi connectivity index (χ1) is 23.5. The van der Waals surface area contributed by atoms with E-state index in [9.17, 15) is 19.2 Å². The molecule has 3 aromatic carbocycles. The Hall–Kier alpha value is -4.70. The molecule has 0 bridgehead atoms. The van der Waals surface area contributed by atoms with Crippen molar-refractivity contribution in [3.8, 4) is 0 Å². The van der Waals surface area contributed by atoms with E-state index in [1.165, 1.54) is 5.01 Å². The number of hydrogen-bond donors (Lipinski definition) is 3. The van der Waals surface area contributed by atoms with Crippen LogP contribution in [0.25, 0.3) is 0 Å². The van der Waals surface area contributed by atoms with Crippen molar-refractivity contribution in [3.63, 3.8) is 0 Å². The highest BCUT2D eigenvalue weighted by molar-refractivity contribution is 5.90. The number of amides is 4. The molecule has 0 spiro atoms. The molecule has 0 fully saturated rings. The largest absolute Gasteiger partial charge is 0.445 e. The van der Waals surface area contributed by atoms with Crippen molar-refractivity contribution in [2.24, 2.45) is 23.7 Å². The van der Waals surface area contributed by atoms with Gasteiger partial charge in [-0.3, -0.25) is 29.7 Å². The number of hydrazine groups is 1. The summed E-state index contributed by atoms with van der Waals surface area (Å²) in [6.07, 6.45) is 1.51.